The fraction of sp³-hybridized carbons (Fsp3) is 0.667. The van der Waals surface area contributed by atoms with Gasteiger partial charge in [-0.3, -0.25) is 9.89 Å². The van der Waals surface area contributed by atoms with Gasteiger partial charge in [-0.25, -0.2) is 8.78 Å². The van der Waals surface area contributed by atoms with Gasteiger partial charge in [-0.15, -0.1) is 0 Å². The summed E-state index contributed by atoms with van der Waals surface area (Å²) < 4.78 is 34.1. The van der Waals surface area contributed by atoms with E-state index in [2.05, 4.69) is 15.5 Å². The van der Waals surface area contributed by atoms with Crippen LogP contribution in [0, 0.1) is 11.6 Å². The normalized spacial score (nSPS) is 27.9. The number of aliphatic imine (C=N–C) groups is 1. The fourth-order valence-electron chi connectivity index (χ4n) is 4.57. The number of guanidine groups is 1. The molecule has 3 aliphatic rings. The number of hydrogen-bond donors (Lipinski definition) is 2. The second-order valence-corrected chi connectivity index (χ2v) is 8.11. The van der Waals surface area contributed by atoms with Crippen LogP contribution in [-0.4, -0.2) is 74.9 Å². The SMILES string of the molecule is CCNC(=NCC1CN2CCCC2CO1)NC1CCN(c2c(F)cccc2F)C1. The van der Waals surface area contributed by atoms with E-state index in [1.54, 1.807) is 4.90 Å². The zero-order valence-corrected chi connectivity index (χ0v) is 17.0. The average Bonchev–Trinajstić information content (AvgIpc) is 3.35. The van der Waals surface area contributed by atoms with E-state index in [1.807, 2.05) is 6.92 Å². The van der Waals surface area contributed by atoms with E-state index in [-0.39, 0.29) is 17.8 Å². The molecule has 0 spiro atoms. The Hall–Kier alpha value is -1.93. The lowest BCUT2D eigenvalue weighted by molar-refractivity contribution is -0.0432. The average molecular weight is 408 g/mol. The van der Waals surface area contributed by atoms with Crippen molar-refractivity contribution in [2.24, 2.45) is 4.99 Å². The second kappa shape index (κ2) is 9.26. The number of anilines is 1. The molecule has 0 radical (unpaired) electrons. The molecule has 3 saturated heterocycles. The molecular weight excluding hydrogens is 376 g/mol. The summed E-state index contributed by atoms with van der Waals surface area (Å²) in [6.45, 7) is 7.44. The molecule has 8 heteroatoms. The van der Waals surface area contributed by atoms with Gasteiger partial charge in [0.05, 0.1) is 19.3 Å². The molecule has 3 heterocycles. The Morgan fingerprint density at radius 1 is 1.21 bits per heavy atom. The summed E-state index contributed by atoms with van der Waals surface area (Å²) in [4.78, 5) is 9.01. The van der Waals surface area contributed by atoms with Crippen LogP contribution >= 0.6 is 0 Å². The van der Waals surface area contributed by atoms with Gasteiger partial charge in [-0.2, -0.15) is 0 Å². The van der Waals surface area contributed by atoms with E-state index in [4.69, 9.17) is 9.73 Å². The molecule has 0 saturated carbocycles. The summed E-state index contributed by atoms with van der Waals surface area (Å²) >= 11 is 0. The number of nitrogens with zero attached hydrogens (tertiary/aromatic N) is 3. The number of ether oxygens (including phenoxy) is 1. The van der Waals surface area contributed by atoms with Gasteiger partial charge in [-0.05, 0) is 44.9 Å². The highest BCUT2D eigenvalue weighted by molar-refractivity contribution is 5.80. The van der Waals surface area contributed by atoms with Crippen LogP contribution in [0.15, 0.2) is 23.2 Å². The number of nitrogens with one attached hydrogen (secondary N) is 2. The van der Waals surface area contributed by atoms with Crippen molar-refractivity contribution in [1.29, 1.82) is 0 Å². The predicted molar refractivity (Wildman–Crippen MR) is 110 cm³/mol. The first-order chi connectivity index (χ1) is 14.1. The summed E-state index contributed by atoms with van der Waals surface area (Å²) in [6.07, 6.45) is 3.41. The molecule has 0 bridgehead atoms. The predicted octanol–water partition coefficient (Wildman–Crippen LogP) is 1.96. The van der Waals surface area contributed by atoms with Gasteiger partial charge < -0.3 is 20.3 Å². The van der Waals surface area contributed by atoms with E-state index < -0.39 is 11.6 Å². The fourth-order valence-corrected chi connectivity index (χ4v) is 4.57. The van der Waals surface area contributed by atoms with Gasteiger partial charge in [0, 0.05) is 38.3 Å². The first kappa shape index (κ1) is 20.3. The van der Waals surface area contributed by atoms with Crippen molar-refractivity contribution in [2.75, 3.05) is 50.8 Å². The summed E-state index contributed by atoms with van der Waals surface area (Å²) in [5.74, 6) is -0.290. The molecule has 1 aromatic rings. The molecule has 2 N–H and O–H groups in total. The highest BCUT2D eigenvalue weighted by Gasteiger charge is 2.32. The molecule has 3 unspecified atom stereocenters. The Bertz CT molecular complexity index is 711. The van der Waals surface area contributed by atoms with Crippen molar-refractivity contribution in [3.63, 3.8) is 0 Å². The highest BCUT2D eigenvalue weighted by atomic mass is 19.1. The monoisotopic (exact) mass is 407 g/mol. The minimum absolute atomic E-state index is 0.0644. The Morgan fingerprint density at radius 3 is 2.83 bits per heavy atom. The van der Waals surface area contributed by atoms with Crippen molar-refractivity contribution >= 4 is 11.6 Å². The number of benzene rings is 1. The lowest BCUT2D eigenvalue weighted by Gasteiger charge is -2.34. The Labute approximate surface area is 171 Å². The third-order valence-corrected chi connectivity index (χ3v) is 6.04. The van der Waals surface area contributed by atoms with Crippen LogP contribution in [-0.2, 0) is 4.74 Å². The molecule has 160 valence electrons. The van der Waals surface area contributed by atoms with Crippen molar-refractivity contribution in [3.05, 3.63) is 29.8 Å². The number of hydrogen-bond acceptors (Lipinski definition) is 4. The molecule has 3 fully saturated rings. The molecule has 1 aromatic carbocycles. The van der Waals surface area contributed by atoms with Crippen molar-refractivity contribution in [3.8, 4) is 0 Å². The Morgan fingerprint density at radius 2 is 2.03 bits per heavy atom. The molecule has 6 nitrogen and oxygen atoms in total. The van der Waals surface area contributed by atoms with Gasteiger partial charge in [-0.1, -0.05) is 6.07 Å². The zero-order chi connectivity index (χ0) is 20.2. The summed E-state index contributed by atoms with van der Waals surface area (Å²) in [5.41, 5.74) is 0.0644. The smallest absolute Gasteiger partial charge is 0.191 e. The van der Waals surface area contributed by atoms with Crippen LogP contribution in [0.2, 0.25) is 0 Å². The zero-order valence-electron chi connectivity index (χ0n) is 17.0. The Kier molecular flexibility index (Phi) is 6.50. The van der Waals surface area contributed by atoms with Crippen LogP contribution in [0.25, 0.3) is 0 Å². The number of halogens is 2. The maximum Gasteiger partial charge on any atom is 0.191 e. The number of fused-ring (bicyclic) bond motifs is 1. The topological polar surface area (TPSA) is 52.1 Å². The first-order valence-corrected chi connectivity index (χ1v) is 10.7. The Balaban J connectivity index is 1.33. The van der Waals surface area contributed by atoms with Crippen molar-refractivity contribution in [1.82, 2.24) is 15.5 Å². The van der Waals surface area contributed by atoms with E-state index in [0.717, 1.165) is 38.6 Å². The van der Waals surface area contributed by atoms with Crippen LogP contribution in [0.4, 0.5) is 14.5 Å². The van der Waals surface area contributed by atoms with E-state index >= 15 is 0 Å². The quantitative estimate of drug-likeness (QED) is 0.577. The van der Waals surface area contributed by atoms with Crippen LogP contribution in [0.5, 0.6) is 0 Å². The van der Waals surface area contributed by atoms with E-state index in [0.29, 0.717) is 25.7 Å². The van der Waals surface area contributed by atoms with Gasteiger partial charge in [0.15, 0.2) is 5.96 Å². The summed E-state index contributed by atoms with van der Waals surface area (Å²) in [5, 5.41) is 6.70. The number of para-hydroxylation sites is 1. The molecule has 3 aliphatic heterocycles. The van der Waals surface area contributed by atoms with E-state index in [1.165, 1.54) is 31.0 Å². The van der Waals surface area contributed by atoms with Gasteiger partial charge >= 0.3 is 0 Å². The van der Waals surface area contributed by atoms with Crippen molar-refractivity contribution < 1.29 is 13.5 Å². The maximum absolute atomic E-state index is 14.1. The number of rotatable bonds is 5. The van der Waals surface area contributed by atoms with Gasteiger partial charge in [0.2, 0.25) is 0 Å². The summed E-state index contributed by atoms with van der Waals surface area (Å²) in [6, 6.07) is 4.68. The standard InChI is InChI=1S/C21H31F2N5O/c1-2-24-21(25-11-17-13-27-9-4-5-16(27)14-29-17)26-15-8-10-28(12-15)20-18(22)6-3-7-19(20)23/h3,6-7,15-17H,2,4-5,8-14H2,1H3,(H2,24,25,26). The van der Waals surface area contributed by atoms with Crippen molar-refractivity contribution in [2.45, 2.75) is 44.4 Å². The van der Waals surface area contributed by atoms with Crippen LogP contribution in [0.1, 0.15) is 26.2 Å². The van der Waals surface area contributed by atoms with Crippen LogP contribution in [0.3, 0.4) is 0 Å². The molecular formula is C21H31F2N5O. The minimum atomic E-state index is -0.513. The second-order valence-electron chi connectivity index (χ2n) is 8.11. The molecule has 4 rings (SSSR count). The lowest BCUT2D eigenvalue weighted by atomic mass is 10.2. The van der Waals surface area contributed by atoms with Gasteiger partial charge in [0.25, 0.3) is 0 Å². The summed E-state index contributed by atoms with van der Waals surface area (Å²) in [7, 11) is 0. The lowest BCUT2D eigenvalue weighted by Crippen LogP contribution is -2.48. The minimum Gasteiger partial charge on any atom is -0.373 e. The maximum atomic E-state index is 14.1. The molecule has 0 amide bonds. The molecule has 29 heavy (non-hydrogen) atoms. The highest BCUT2D eigenvalue weighted by Crippen LogP contribution is 2.27. The van der Waals surface area contributed by atoms with E-state index in [9.17, 15) is 8.78 Å². The largest absolute Gasteiger partial charge is 0.373 e. The number of morpholine rings is 1. The molecule has 0 aliphatic carbocycles. The third kappa shape index (κ3) is 4.80. The molecule has 0 aromatic heterocycles. The van der Waals surface area contributed by atoms with Gasteiger partial charge in [0.1, 0.15) is 17.3 Å². The van der Waals surface area contributed by atoms with Crippen LogP contribution < -0.4 is 15.5 Å². The third-order valence-electron chi connectivity index (χ3n) is 6.04. The first-order valence-electron chi connectivity index (χ1n) is 10.7. The molecule has 3 atom stereocenters.